The van der Waals surface area contributed by atoms with E-state index in [-0.39, 0.29) is 5.75 Å². The normalized spacial score (nSPS) is 11.6. The van der Waals surface area contributed by atoms with Gasteiger partial charge in [-0.3, -0.25) is 0 Å². The molecule has 0 amide bonds. The third kappa shape index (κ3) is 10.9. The summed E-state index contributed by atoms with van der Waals surface area (Å²) in [5.74, 6) is 1.18. The second-order valence-electron chi connectivity index (χ2n) is 11.5. The van der Waals surface area contributed by atoms with Crippen LogP contribution in [0.15, 0.2) is 126 Å². The van der Waals surface area contributed by atoms with E-state index in [2.05, 4.69) is 40.6 Å². The molecule has 5 nitrogen and oxygen atoms in total. The van der Waals surface area contributed by atoms with E-state index in [1.54, 1.807) is 48.8 Å². The fraction of sp³-hybridized carbons (Fsp3) is 0.0244. The number of aromatic nitrogens is 4. The van der Waals surface area contributed by atoms with E-state index in [0.29, 0.717) is 25.9 Å². The molecule has 13 heteroatoms. The Hall–Kier alpha value is -4.77. The molecule has 0 aliphatic heterocycles. The van der Waals surface area contributed by atoms with E-state index in [1.807, 2.05) is 85.0 Å². The van der Waals surface area contributed by atoms with Gasteiger partial charge in [-0.1, -0.05) is 123 Å². The van der Waals surface area contributed by atoms with Crippen molar-refractivity contribution in [3.63, 3.8) is 0 Å². The van der Waals surface area contributed by atoms with Gasteiger partial charge in [0.2, 0.25) is 0 Å². The van der Waals surface area contributed by atoms with Crippen molar-refractivity contribution >= 4 is 86.6 Å². The first-order valence-corrected chi connectivity index (χ1v) is 18.3. The number of hydrogen-bond acceptors (Lipinski definition) is 3. The van der Waals surface area contributed by atoms with Gasteiger partial charge in [0.15, 0.2) is 0 Å². The molecule has 0 saturated carbocycles. The molecule has 0 saturated heterocycles. The first-order valence-electron chi connectivity index (χ1n) is 16.0. The highest BCUT2D eigenvalue weighted by molar-refractivity contribution is 9.10. The maximum atomic E-state index is 12.3. The lowest BCUT2D eigenvalue weighted by molar-refractivity contribution is -0.274. The lowest BCUT2D eigenvalue weighted by Crippen LogP contribution is -2.16. The van der Waals surface area contributed by atoms with Crippen molar-refractivity contribution < 1.29 is 17.9 Å². The van der Waals surface area contributed by atoms with Crippen LogP contribution in [0.5, 0.6) is 5.75 Å². The summed E-state index contributed by atoms with van der Waals surface area (Å²) < 4.78 is 41.8. The van der Waals surface area contributed by atoms with Gasteiger partial charge < -0.3 is 14.7 Å². The van der Waals surface area contributed by atoms with Crippen LogP contribution in [-0.2, 0) is 0 Å². The van der Waals surface area contributed by atoms with Crippen molar-refractivity contribution in [2.75, 3.05) is 0 Å². The number of ether oxygens (including phenoxy) is 1. The Bertz CT molecular complexity index is 2410. The molecule has 2 heterocycles. The van der Waals surface area contributed by atoms with Crippen LogP contribution >= 0.6 is 62.3 Å². The zero-order valence-electron chi connectivity index (χ0n) is 27.7. The monoisotopic (exact) mass is 866 g/mol. The van der Waals surface area contributed by atoms with Gasteiger partial charge in [-0.25, -0.2) is 9.97 Å². The van der Waals surface area contributed by atoms with E-state index in [1.165, 1.54) is 12.1 Å². The Labute approximate surface area is 337 Å². The molecule has 0 aliphatic rings. The van der Waals surface area contributed by atoms with Crippen molar-refractivity contribution in [2.24, 2.45) is 0 Å². The Kier molecular flexibility index (Phi) is 12.7. The second kappa shape index (κ2) is 17.6. The van der Waals surface area contributed by atoms with Crippen molar-refractivity contribution in [2.45, 2.75) is 6.36 Å². The zero-order valence-corrected chi connectivity index (χ0v) is 32.3. The van der Waals surface area contributed by atoms with E-state index >= 15 is 0 Å². The molecule has 2 N–H and O–H groups in total. The molecule has 7 aromatic rings. The number of nitrogens with one attached hydrogen (secondary N) is 2. The van der Waals surface area contributed by atoms with Crippen LogP contribution in [0.3, 0.4) is 0 Å². The summed E-state index contributed by atoms with van der Waals surface area (Å²) in [4.78, 5) is 15.1. The summed E-state index contributed by atoms with van der Waals surface area (Å²) in [6.45, 7) is 0. The average molecular weight is 869 g/mol. The number of rotatable bonds is 8. The molecule has 5 aromatic carbocycles. The highest BCUT2D eigenvalue weighted by Gasteiger charge is 2.31. The fourth-order valence-corrected chi connectivity index (χ4v) is 6.38. The summed E-state index contributed by atoms with van der Waals surface area (Å²) in [5.41, 5.74) is 7.01. The number of hydrogen-bond donors (Lipinski definition) is 2. The van der Waals surface area contributed by atoms with Gasteiger partial charge in [0.25, 0.3) is 0 Å². The topological polar surface area (TPSA) is 66.6 Å². The smallest absolute Gasteiger partial charge is 0.406 e. The molecule has 0 aliphatic carbocycles. The molecule has 0 atom stereocenters. The molecular formula is C41H26BrCl4F3N4O. The summed E-state index contributed by atoms with van der Waals surface area (Å²) in [6, 6.07) is 32.1. The van der Waals surface area contributed by atoms with E-state index in [4.69, 9.17) is 46.4 Å². The SMILES string of the molecule is Clc1ccc(-c2cnc(/C=C/c3ccc(Br)cc3)[nH]2)c(Cl)c1.FC(F)(F)Oc1ccc(-c2ccc(C=Cc3ncc(-c4ccc(Cl)cc4Cl)[nH]3)cc2)cc1. The molecule has 0 unspecified atom stereocenters. The van der Waals surface area contributed by atoms with Crippen LogP contribution in [0.1, 0.15) is 22.8 Å². The number of imidazole rings is 2. The van der Waals surface area contributed by atoms with Crippen LogP contribution in [0.25, 0.3) is 57.9 Å². The maximum Gasteiger partial charge on any atom is 0.573 e. The van der Waals surface area contributed by atoms with Crippen LogP contribution < -0.4 is 4.74 Å². The summed E-state index contributed by atoms with van der Waals surface area (Å²) in [7, 11) is 0. The minimum Gasteiger partial charge on any atom is -0.406 e. The second-order valence-corrected chi connectivity index (χ2v) is 14.1. The molecule has 7 rings (SSSR count). The van der Waals surface area contributed by atoms with E-state index in [0.717, 1.165) is 55.1 Å². The third-order valence-corrected chi connectivity index (χ3v) is 9.33. The summed E-state index contributed by atoms with van der Waals surface area (Å²) in [6.07, 6.45) is 6.42. The lowest BCUT2D eigenvalue weighted by Gasteiger charge is -2.09. The first-order chi connectivity index (χ1) is 25.9. The molecular weight excluding hydrogens is 843 g/mol. The minimum absolute atomic E-state index is 0.251. The van der Waals surface area contributed by atoms with Gasteiger partial charge in [0, 0.05) is 25.6 Å². The van der Waals surface area contributed by atoms with Gasteiger partial charge in [0.05, 0.1) is 33.8 Å². The Balaban J connectivity index is 0.000000197. The fourth-order valence-electron chi connectivity index (χ4n) is 5.09. The molecule has 54 heavy (non-hydrogen) atoms. The molecule has 0 radical (unpaired) electrons. The molecule has 0 fully saturated rings. The van der Waals surface area contributed by atoms with Crippen molar-refractivity contribution in [1.29, 1.82) is 0 Å². The third-order valence-electron chi connectivity index (χ3n) is 7.70. The molecule has 2 aromatic heterocycles. The molecule has 272 valence electrons. The minimum atomic E-state index is -4.70. The van der Waals surface area contributed by atoms with Crippen LogP contribution in [0.4, 0.5) is 13.2 Å². The van der Waals surface area contributed by atoms with E-state index in [9.17, 15) is 13.2 Å². The number of halogens is 8. The highest BCUT2D eigenvalue weighted by atomic mass is 79.9. The van der Waals surface area contributed by atoms with Crippen molar-refractivity contribution in [1.82, 2.24) is 19.9 Å². The largest absolute Gasteiger partial charge is 0.573 e. The maximum absolute atomic E-state index is 12.3. The predicted molar refractivity (Wildman–Crippen MR) is 219 cm³/mol. The van der Waals surface area contributed by atoms with Gasteiger partial charge in [-0.05, 0) is 95.1 Å². The first kappa shape index (κ1) is 38.9. The van der Waals surface area contributed by atoms with Crippen molar-refractivity contribution in [3.8, 4) is 39.4 Å². The van der Waals surface area contributed by atoms with Crippen molar-refractivity contribution in [3.05, 3.63) is 169 Å². The lowest BCUT2D eigenvalue weighted by atomic mass is 10.0. The van der Waals surface area contributed by atoms with E-state index < -0.39 is 6.36 Å². The average Bonchev–Trinajstić information content (AvgIpc) is 3.81. The Morgan fingerprint density at radius 1 is 0.556 bits per heavy atom. The number of benzene rings is 5. The zero-order chi connectivity index (χ0) is 38.2. The number of aromatic amines is 2. The van der Waals surface area contributed by atoms with Gasteiger partial charge >= 0.3 is 6.36 Å². The van der Waals surface area contributed by atoms with Crippen LogP contribution in [-0.4, -0.2) is 26.3 Å². The predicted octanol–water partition coefficient (Wildman–Crippen LogP) is 14.4. The van der Waals surface area contributed by atoms with Crippen LogP contribution in [0.2, 0.25) is 20.1 Å². The Morgan fingerprint density at radius 2 is 0.981 bits per heavy atom. The molecule has 0 bridgehead atoms. The van der Waals surface area contributed by atoms with Gasteiger partial charge in [0.1, 0.15) is 17.4 Å². The van der Waals surface area contributed by atoms with Crippen LogP contribution in [0, 0.1) is 0 Å². The number of alkyl halides is 3. The van der Waals surface area contributed by atoms with Gasteiger partial charge in [-0.2, -0.15) is 0 Å². The summed E-state index contributed by atoms with van der Waals surface area (Å²) in [5, 5.41) is 2.31. The molecule has 0 spiro atoms. The summed E-state index contributed by atoms with van der Waals surface area (Å²) >= 11 is 27.7. The standard InChI is InChI=1S/C24H15Cl2F3N2O.C17H11BrCl2N2/c25-18-8-11-20(21(26)13-18)22-14-30-23(31-22)12-3-15-1-4-16(5-2-15)17-6-9-19(10-7-17)32-24(27,28)29;18-12-4-1-11(2-5-12)3-8-17-21-10-16(22-17)14-7-6-13(19)9-15(14)20/h1-14H,(H,30,31);1-10H,(H,21,22)/b;8-3+. The van der Waals surface area contributed by atoms with Gasteiger partial charge in [-0.15, -0.1) is 13.2 Å². The Morgan fingerprint density at radius 3 is 1.41 bits per heavy atom. The number of nitrogens with zero attached hydrogens (tertiary/aromatic N) is 2. The highest BCUT2D eigenvalue weighted by Crippen LogP contribution is 2.31. The number of H-pyrrole nitrogens is 2. The quantitative estimate of drug-likeness (QED) is 0.160.